The molecule has 12 N–H and O–H groups in total. The van der Waals surface area contributed by atoms with Gasteiger partial charge >= 0.3 is 0 Å². The van der Waals surface area contributed by atoms with Crippen molar-refractivity contribution >= 4 is 39.0 Å². The van der Waals surface area contributed by atoms with E-state index in [9.17, 15) is 48.3 Å². The molecule has 0 heterocycles. The number of rotatable bonds is 24. The Balaban J connectivity index is 0.000000350. The van der Waals surface area contributed by atoms with Gasteiger partial charge in [-0.05, 0) is 79.7 Å². The van der Waals surface area contributed by atoms with Crippen LogP contribution in [0.5, 0.6) is 0 Å². The predicted octanol–water partition coefficient (Wildman–Crippen LogP) is 4.01. The summed E-state index contributed by atoms with van der Waals surface area (Å²) in [5.41, 5.74) is 13.5. The number of nitrogens with two attached hydrogens (primary N) is 2. The Morgan fingerprint density at radius 1 is 0.667 bits per heavy atom. The Kier molecular flexibility index (Phi) is 25.4. The number of nitrogens with one attached hydrogen (secondary N) is 4. The van der Waals surface area contributed by atoms with E-state index in [1.165, 1.54) is 6.42 Å². The van der Waals surface area contributed by atoms with E-state index in [0.717, 1.165) is 68.9 Å². The zero-order chi connectivity index (χ0) is 48.8. The fourth-order valence-electron chi connectivity index (χ4n) is 8.82. The van der Waals surface area contributed by atoms with E-state index >= 15 is 0 Å². The molecule has 18 heteroatoms. The summed E-state index contributed by atoms with van der Waals surface area (Å²) < 4.78 is 24.5. The monoisotopic (exact) mass is 963 g/mol. The maximum Gasteiger partial charge on any atom is 0.242 e. The standard InChI is InChI=1S/2C24H40N3O5P/c1-17(2)22(27-23(29)21(25)13-18-9-5-3-6-10-18)24(30)26-14-20(28)16-33(31,32)15-19-11-7-4-8-12-19;1-16(2)22(27-23(29)20(25)13-17-9-5-3-6-10-17)24(30)26-15-19(28)14-21(33(31)32)18-11-7-4-8-12-18/h3,5-6,9-10,17,19-22,28H,4,7-8,11-16,25H2,1-2H3,(H,26,30)(H,27,29)(H,31,32);3,5-6,9-10,16,18-22,28,33H,4,7-8,11-15,25H2,1-2H3,(H,26,30)(H,27,29)(H,31,32)/t20-,21+,22+;19-,20+,21?,22-/m11/s1. The number of hydrogen-bond acceptors (Lipinski definition) is 10. The molecule has 2 aromatic rings. The van der Waals surface area contributed by atoms with Crippen molar-refractivity contribution in [1.82, 2.24) is 21.3 Å². The third-order valence-corrected chi connectivity index (χ3v) is 16.0. The summed E-state index contributed by atoms with van der Waals surface area (Å²) >= 11 is 0. The maximum atomic E-state index is 12.7. The van der Waals surface area contributed by atoms with Crippen LogP contribution in [-0.2, 0) is 41.1 Å². The van der Waals surface area contributed by atoms with Crippen molar-refractivity contribution in [3.8, 4) is 0 Å². The highest BCUT2D eigenvalue weighted by molar-refractivity contribution is 7.58. The third-order valence-electron chi connectivity index (χ3n) is 12.6. The summed E-state index contributed by atoms with van der Waals surface area (Å²) in [5.74, 6) is -1.71. The Bertz CT molecular complexity index is 1830. The van der Waals surface area contributed by atoms with Crippen LogP contribution >= 0.6 is 15.4 Å². The molecule has 2 aliphatic rings. The topological polar surface area (TPSA) is 284 Å². The van der Waals surface area contributed by atoms with Crippen molar-refractivity contribution < 1.29 is 48.3 Å². The van der Waals surface area contributed by atoms with Crippen molar-refractivity contribution in [3.63, 3.8) is 0 Å². The molecule has 0 aromatic heterocycles. The lowest BCUT2D eigenvalue weighted by Gasteiger charge is -2.30. The summed E-state index contributed by atoms with van der Waals surface area (Å²) in [7, 11) is -6.26. The van der Waals surface area contributed by atoms with Gasteiger partial charge in [-0.15, -0.1) is 0 Å². The molecule has 16 nitrogen and oxygen atoms in total. The fourth-order valence-corrected chi connectivity index (χ4v) is 12.1. The maximum absolute atomic E-state index is 12.7. The Morgan fingerprint density at radius 2 is 1.08 bits per heavy atom. The van der Waals surface area contributed by atoms with Gasteiger partial charge in [0.15, 0.2) is 8.03 Å². The molecule has 0 bridgehead atoms. The van der Waals surface area contributed by atoms with E-state index < -0.39 is 81.1 Å². The van der Waals surface area contributed by atoms with Gasteiger partial charge in [0, 0.05) is 24.9 Å². The molecule has 66 heavy (non-hydrogen) atoms. The molecule has 2 fully saturated rings. The molecule has 9 atom stereocenters. The number of carbonyl (C=O) groups excluding carboxylic acids is 4. The minimum absolute atomic E-state index is 0.0354. The SMILES string of the molecule is CC(C)[C@@H](NC(=O)[C@@H](N)Cc1ccccc1)C(=O)NC[C@H](O)CC(C1CCCCC1)[PH](=O)O.CC(C)[C@H](NC(=O)[C@@H](N)Cc1ccccc1)C(=O)NC[C@@H](O)CP(=O)(O)CC1CCCCC1. The molecular formula is C48H80N6O10P2. The van der Waals surface area contributed by atoms with Gasteiger partial charge in [-0.1, -0.05) is 127 Å². The van der Waals surface area contributed by atoms with E-state index in [0.29, 0.717) is 12.8 Å². The lowest BCUT2D eigenvalue weighted by atomic mass is 9.85. The molecule has 2 aliphatic carbocycles. The Hall–Kier alpha value is -3.46. The Morgan fingerprint density at radius 3 is 1.48 bits per heavy atom. The lowest BCUT2D eigenvalue weighted by molar-refractivity contribution is -0.130. The molecular weight excluding hydrogens is 883 g/mol. The van der Waals surface area contributed by atoms with Crippen LogP contribution in [0.25, 0.3) is 0 Å². The highest BCUT2D eigenvalue weighted by Crippen LogP contribution is 2.46. The molecule has 0 aliphatic heterocycles. The first-order chi connectivity index (χ1) is 31.3. The fraction of sp³-hybridized carbons (Fsp3) is 0.667. The molecule has 3 unspecified atom stereocenters. The number of hydrogen-bond donors (Lipinski definition) is 10. The number of amides is 4. The van der Waals surface area contributed by atoms with Crippen molar-refractivity contribution in [2.24, 2.45) is 35.1 Å². The summed E-state index contributed by atoms with van der Waals surface area (Å²) in [5, 5.41) is 31.4. The highest BCUT2D eigenvalue weighted by atomic mass is 31.2. The van der Waals surface area contributed by atoms with Crippen LogP contribution in [0.1, 0.15) is 109 Å². The van der Waals surface area contributed by atoms with Crippen LogP contribution < -0.4 is 32.7 Å². The molecule has 372 valence electrons. The van der Waals surface area contributed by atoms with E-state index in [2.05, 4.69) is 21.3 Å². The van der Waals surface area contributed by atoms with Gasteiger partial charge in [0.1, 0.15) is 12.1 Å². The second-order valence-corrected chi connectivity index (χ2v) is 23.0. The molecule has 2 saturated carbocycles. The minimum atomic E-state index is -3.48. The van der Waals surface area contributed by atoms with Gasteiger partial charge < -0.3 is 52.7 Å². The van der Waals surface area contributed by atoms with Crippen LogP contribution in [-0.4, -0.2) is 111 Å². The second kappa shape index (κ2) is 29.4. The minimum Gasteiger partial charge on any atom is -0.391 e. The zero-order valence-corrected chi connectivity index (χ0v) is 41.4. The van der Waals surface area contributed by atoms with Gasteiger partial charge in [0.2, 0.25) is 31.0 Å². The van der Waals surface area contributed by atoms with Crippen LogP contribution in [0.3, 0.4) is 0 Å². The van der Waals surface area contributed by atoms with Crippen LogP contribution in [0.2, 0.25) is 0 Å². The van der Waals surface area contributed by atoms with Crippen LogP contribution in [0.15, 0.2) is 60.7 Å². The quantitative estimate of drug-likeness (QED) is 0.0669. The van der Waals surface area contributed by atoms with Crippen molar-refractivity contribution in [2.75, 3.05) is 25.4 Å². The first kappa shape index (κ1) is 56.9. The van der Waals surface area contributed by atoms with Gasteiger partial charge in [-0.3, -0.25) is 28.3 Å². The first-order valence-corrected chi connectivity index (χ1v) is 27.4. The van der Waals surface area contributed by atoms with Gasteiger partial charge in [0.05, 0.1) is 30.5 Å². The highest BCUT2D eigenvalue weighted by Gasteiger charge is 2.33. The van der Waals surface area contributed by atoms with Gasteiger partial charge in [-0.25, -0.2) is 0 Å². The van der Waals surface area contributed by atoms with E-state index in [-0.39, 0.29) is 55.5 Å². The van der Waals surface area contributed by atoms with E-state index in [1.807, 2.05) is 74.5 Å². The molecule has 0 saturated heterocycles. The lowest BCUT2D eigenvalue weighted by Crippen LogP contribution is -2.55. The van der Waals surface area contributed by atoms with Crippen molar-refractivity contribution in [2.45, 2.75) is 153 Å². The summed E-state index contributed by atoms with van der Waals surface area (Å²) in [6.45, 7) is 7.06. The zero-order valence-electron chi connectivity index (χ0n) is 39.5. The summed E-state index contributed by atoms with van der Waals surface area (Å²) in [4.78, 5) is 70.7. The molecule has 4 rings (SSSR count). The summed E-state index contributed by atoms with van der Waals surface area (Å²) in [6.07, 6.45) is 9.13. The van der Waals surface area contributed by atoms with Gasteiger partial charge in [-0.2, -0.15) is 0 Å². The largest absolute Gasteiger partial charge is 0.391 e. The first-order valence-electron chi connectivity index (χ1n) is 23.9. The molecule has 0 radical (unpaired) electrons. The van der Waals surface area contributed by atoms with Crippen LogP contribution in [0, 0.1) is 23.7 Å². The smallest absolute Gasteiger partial charge is 0.242 e. The Labute approximate surface area is 392 Å². The molecule has 4 amide bonds. The van der Waals surface area contributed by atoms with Crippen molar-refractivity contribution in [1.29, 1.82) is 0 Å². The second-order valence-electron chi connectivity index (χ2n) is 19.1. The number of carbonyl (C=O) groups is 4. The molecule has 2 aromatic carbocycles. The third kappa shape index (κ3) is 21.2. The summed E-state index contributed by atoms with van der Waals surface area (Å²) in [6, 6.07) is 15.6. The van der Waals surface area contributed by atoms with E-state index in [4.69, 9.17) is 11.5 Å². The normalized spacial score (nSPS) is 19.3. The van der Waals surface area contributed by atoms with Crippen molar-refractivity contribution in [3.05, 3.63) is 71.8 Å². The van der Waals surface area contributed by atoms with E-state index in [1.54, 1.807) is 13.8 Å². The molecule has 0 spiro atoms. The number of aliphatic hydroxyl groups is 2. The van der Waals surface area contributed by atoms with Gasteiger partial charge in [0.25, 0.3) is 0 Å². The average Bonchev–Trinajstić information content (AvgIpc) is 3.28. The number of aliphatic hydroxyl groups excluding tert-OH is 2. The predicted molar refractivity (Wildman–Crippen MR) is 260 cm³/mol. The average molecular weight is 963 g/mol. The van der Waals surface area contributed by atoms with Crippen LogP contribution in [0.4, 0.5) is 0 Å². The number of benzene rings is 2.